The summed E-state index contributed by atoms with van der Waals surface area (Å²) < 4.78 is 0. The molecule has 0 bridgehead atoms. The highest BCUT2D eigenvalue weighted by Crippen LogP contribution is 2.34. The number of imide groups is 1. The van der Waals surface area contributed by atoms with E-state index >= 15 is 0 Å². The zero-order valence-corrected chi connectivity index (χ0v) is 17.9. The standard InChI is InChI=1S/C22H27N3O3S/c1-15-12-18(23-7-3-4-8-23)16(2)11-17(15)13-19-21(27)25(22(28)29-19)14-20(26)24-9-5-6-10-24/h11-13H,3-10,14H2,1-2H3/b19-13+. The van der Waals surface area contributed by atoms with Crippen molar-refractivity contribution >= 4 is 40.6 Å². The quantitative estimate of drug-likeness (QED) is 0.707. The van der Waals surface area contributed by atoms with E-state index in [4.69, 9.17) is 0 Å². The van der Waals surface area contributed by atoms with Gasteiger partial charge in [0.15, 0.2) is 0 Å². The predicted octanol–water partition coefficient (Wildman–Crippen LogP) is 3.56. The molecule has 0 N–H and O–H groups in total. The van der Waals surface area contributed by atoms with E-state index in [1.165, 1.54) is 24.1 Å². The molecule has 0 unspecified atom stereocenters. The van der Waals surface area contributed by atoms with Crippen molar-refractivity contribution in [2.24, 2.45) is 0 Å². The number of benzene rings is 1. The van der Waals surface area contributed by atoms with Gasteiger partial charge in [-0.2, -0.15) is 0 Å². The first-order chi connectivity index (χ1) is 13.9. The summed E-state index contributed by atoms with van der Waals surface area (Å²) in [5.41, 5.74) is 4.45. The van der Waals surface area contributed by atoms with Crippen molar-refractivity contribution < 1.29 is 14.4 Å². The average Bonchev–Trinajstić information content (AvgIpc) is 3.44. The number of hydrogen-bond acceptors (Lipinski definition) is 5. The van der Waals surface area contributed by atoms with Crippen molar-refractivity contribution in [1.29, 1.82) is 0 Å². The van der Waals surface area contributed by atoms with Gasteiger partial charge < -0.3 is 9.80 Å². The molecule has 7 heteroatoms. The second-order valence-electron chi connectivity index (χ2n) is 8.05. The number of anilines is 1. The Morgan fingerprint density at radius 2 is 1.66 bits per heavy atom. The summed E-state index contributed by atoms with van der Waals surface area (Å²) in [7, 11) is 0. The Hall–Kier alpha value is -2.28. The number of carbonyl (C=O) groups excluding carboxylic acids is 3. The van der Waals surface area contributed by atoms with E-state index < -0.39 is 0 Å². The molecule has 4 rings (SSSR count). The molecule has 154 valence electrons. The monoisotopic (exact) mass is 413 g/mol. The fraction of sp³-hybridized carbons (Fsp3) is 0.500. The molecular weight excluding hydrogens is 386 g/mol. The predicted molar refractivity (Wildman–Crippen MR) is 116 cm³/mol. The van der Waals surface area contributed by atoms with E-state index in [2.05, 4.69) is 24.0 Å². The van der Waals surface area contributed by atoms with E-state index in [1.54, 1.807) is 11.0 Å². The Kier molecular flexibility index (Phi) is 5.67. The highest BCUT2D eigenvalue weighted by molar-refractivity contribution is 8.18. The van der Waals surface area contributed by atoms with Crippen LogP contribution in [0.3, 0.4) is 0 Å². The minimum atomic E-state index is -0.367. The van der Waals surface area contributed by atoms with Crippen molar-refractivity contribution in [1.82, 2.24) is 9.80 Å². The lowest BCUT2D eigenvalue weighted by molar-refractivity contribution is -0.135. The van der Waals surface area contributed by atoms with Crippen LogP contribution >= 0.6 is 11.8 Å². The fourth-order valence-electron chi connectivity index (χ4n) is 4.26. The first-order valence-electron chi connectivity index (χ1n) is 10.3. The first-order valence-corrected chi connectivity index (χ1v) is 11.1. The maximum atomic E-state index is 12.8. The Labute approximate surface area is 175 Å². The first kappa shape index (κ1) is 20.0. The smallest absolute Gasteiger partial charge is 0.294 e. The van der Waals surface area contributed by atoms with E-state index in [0.717, 1.165) is 53.7 Å². The van der Waals surface area contributed by atoms with Crippen molar-refractivity contribution in [2.45, 2.75) is 39.5 Å². The van der Waals surface area contributed by atoms with Gasteiger partial charge in [-0.25, -0.2) is 0 Å². The van der Waals surface area contributed by atoms with Crippen LogP contribution in [0.15, 0.2) is 17.0 Å². The number of likely N-dealkylation sites (tertiary alicyclic amines) is 1. The second kappa shape index (κ2) is 8.22. The van der Waals surface area contributed by atoms with E-state index in [1.807, 2.05) is 6.92 Å². The lowest BCUT2D eigenvalue weighted by Crippen LogP contribution is -2.40. The van der Waals surface area contributed by atoms with Gasteiger partial charge in [-0.1, -0.05) is 0 Å². The number of amides is 3. The van der Waals surface area contributed by atoms with Gasteiger partial charge >= 0.3 is 0 Å². The van der Waals surface area contributed by atoms with Crippen LogP contribution < -0.4 is 4.90 Å². The third-order valence-corrected chi connectivity index (χ3v) is 6.85. The van der Waals surface area contributed by atoms with Crippen LogP contribution in [0.5, 0.6) is 0 Å². The van der Waals surface area contributed by atoms with Gasteiger partial charge in [-0.3, -0.25) is 19.3 Å². The molecule has 3 fully saturated rings. The summed E-state index contributed by atoms with van der Waals surface area (Å²) in [6, 6.07) is 4.26. The normalized spacial score (nSPS) is 21.2. The van der Waals surface area contributed by atoms with Gasteiger partial charge in [0, 0.05) is 31.9 Å². The van der Waals surface area contributed by atoms with Crippen LogP contribution in [0, 0.1) is 13.8 Å². The molecule has 6 nitrogen and oxygen atoms in total. The number of carbonyl (C=O) groups is 3. The summed E-state index contributed by atoms with van der Waals surface area (Å²) in [5, 5.41) is -0.364. The zero-order valence-electron chi connectivity index (χ0n) is 17.1. The molecule has 1 aromatic carbocycles. The lowest BCUT2D eigenvalue weighted by atomic mass is 10.0. The Balaban J connectivity index is 1.52. The highest BCUT2D eigenvalue weighted by atomic mass is 32.2. The summed E-state index contributed by atoms with van der Waals surface area (Å²) in [6.07, 6.45) is 6.22. The molecule has 3 aliphatic heterocycles. The molecule has 29 heavy (non-hydrogen) atoms. The summed E-state index contributed by atoms with van der Waals surface area (Å²) >= 11 is 0.923. The second-order valence-corrected chi connectivity index (χ2v) is 9.04. The Morgan fingerprint density at radius 1 is 1.00 bits per heavy atom. The van der Waals surface area contributed by atoms with Gasteiger partial charge in [-0.15, -0.1) is 0 Å². The maximum absolute atomic E-state index is 12.8. The molecule has 0 spiro atoms. The summed E-state index contributed by atoms with van der Waals surface area (Å²) in [5.74, 6) is -0.513. The van der Waals surface area contributed by atoms with Crippen LogP contribution in [0.1, 0.15) is 42.4 Å². The molecule has 3 amide bonds. The summed E-state index contributed by atoms with van der Waals surface area (Å²) in [4.78, 5) is 43.1. The third kappa shape index (κ3) is 4.06. The van der Waals surface area contributed by atoms with E-state index in [-0.39, 0.29) is 23.6 Å². The third-order valence-electron chi connectivity index (χ3n) is 5.94. The molecule has 3 saturated heterocycles. The Bertz CT molecular complexity index is 884. The zero-order chi connectivity index (χ0) is 20.5. The fourth-order valence-corrected chi connectivity index (χ4v) is 5.09. The van der Waals surface area contributed by atoms with Gasteiger partial charge in [0.25, 0.3) is 11.1 Å². The van der Waals surface area contributed by atoms with E-state index in [0.29, 0.717) is 18.0 Å². The van der Waals surface area contributed by atoms with Crippen LogP contribution in [-0.4, -0.2) is 59.6 Å². The molecule has 0 saturated carbocycles. The van der Waals surface area contributed by atoms with Crippen LogP contribution in [0.4, 0.5) is 10.5 Å². The number of rotatable bonds is 4. The number of nitrogens with zero attached hydrogens (tertiary/aromatic N) is 3. The van der Waals surface area contributed by atoms with Crippen molar-refractivity contribution in [3.05, 3.63) is 33.7 Å². The lowest BCUT2D eigenvalue weighted by Gasteiger charge is -2.21. The van der Waals surface area contributed by atoms with Gasteiger partial charge in [-0.05, 0) is 86.2 Å². The van der Waals surface area contributed by atoms with Gasteiger partial charge in [0.1, 0.15) is 6.54 Å². The largest absolute Gasteiger partial charge is 0.371 e. The molecule has 0 radical (unpaired) electrons. The van der Waals surface area contributed by atoms with Gasteiger partial charge in [0.05, 0.1) is 4.91 Å². The van der Waals surface area contributed by atoms with Gasteiger partial charge in [0.2, 0.25) is 5.91 Å². The summed E-state index contributed by atoms with van der Waals surface area (Å²) in [6.45, 7) is 7.57. The Morgan fingerprint density at radius 3 is 2.34 bits per heavy atom. The van der Waals surface area contributed by atoms with Crippen LogP contribution in [0.25, 0.3) is 6.08 Å². The molecule has 0 atom stereocenters. The molecule has 1 aromatic rings. The van der Waals surface area contributed by atoms with Crippen molar-refractivity contribution in [3.8, 4) is 0 Å². The SMILES string of the molecule is Cc1cc(N2CCCC2)c(C)cc1/C=C1/SC(=O)N(CC(=O)N2CCCC2)C1=O. The number of thioether (sulfide) groups is 1. The molecular formula is C22H27N3O3S. The molecule has 3 heterocycles. The molecule has 0 aliphatic carbocycles. The minimum absolute atomic E-state index is 0.145. The molecule has 3 aliphatic rings. The van der Waals surface area contributed by atoms with Crippen molar-refractivity contribution in [3.63, 3.8) is 0 Å². The average molecular weight is 414 g/mol. The van der Waals surface area contributed by atoms with Crippen LogP contribution in [0.2, 0.25) is 0 Å². The minimum Gasteiger partial charge on any atom is -0.371 e. The number of hydrogen-bond donors (Lipinski definition) is 0. The molecule has 0 aromatic heterocycles. The number of aryl methyl sites for hydroxylation is 2. The maximum Gasteiger partial charge on any atom is 0.294 e. The topological polar surface area (TPSA) is 60.9 Å². The highest BCUT2D eigenvalue weighted by Gasteiger charge is 2.37. The van der Waals surface area contributed by atoms with Crippen LogP contribution in [-0.2, 0) is 9.59 Å². The van der Waals surface area contributed by atoms with E-state index in [9.17, 15) is 14.4 Å². The van der Waals surface area contributed by atoms with Crippen molar-refractivity contribution in [2.75, 3.05) is 37.6 Å².